The highest BCUT2D eigenvalue weighted by Gasteiger charge is 2.22. The molecule has 106 valence electrons. The molecule has 0 saturated heterocycles. The van der Waals surface area contributed by atoms with Gasteiger partial charge in [0.2, 0.25) is 5.91 Å². The molecule has 2 atom stereocenters. The van der Waals surface area contributed by atoms with Gasteiger partial charge in [0.05, 0.1) is 6.04 Å². The van der Waals surface area contributed by atoms with Gasteiger partial charge in [-0.2, -0.15) is 0 Å². The summed E-state index contributed by atoms with van der Waals surface area (Å²) in [5.74, 6) is -0.123. The van der Waals surface area contributed by atoms with Crippen LogP contribution >= 0.6 is 0 Å². The molecule has 4 nitrogen and oxygen atoms in total. The zero-order valence-electron chi connectivity index (χ0n) is 12.2. The van der Waals surface area contributed by atoms with Crippen molar-refractivity contribution in [1.29, 1.82) is 0 Å². The molecule has 1 rings (SSSR count). The third-order valence-corrected chi connectivity index (χ3v) is 3.02. The first-order chi connectivity index (χ1) is 8.82. The van der Waals surface area contributed by atoms with Crippen LogP contribution in [0.4, 0.5) is 0 Å². The summed E-state index contributed by atoms with van der Waals surface area (Å²) in [5.41, 5.74) is 6.56. The molecular formula is C15H25N3O. The Morgan fingerprint density at radius 3 is 2.37 bits per heavy atom. The normalized spacial score (nSPS) is 14.8. The molecule has 0 bridgehead atoms. The highest BCUT2D eigenvalue weighted by molar-refractivity contribution is 5.81. The van der Waals surface area contributed by atoms with Gasteiger partial charge < -0.3 is 16.4 Å². The van der Waals surface area contributed by atoms with Crippen LogP contribution in [-0.2, 0) is 4.79 Å². The van der Waals surface area contributed by atoms with E-state index < -0.39 is 6.04 Å². The molecule has 0 aromatic heterocycles. The van der Waals surface area contributed by atoms with Gasteiger partial charge in [0.25, 0.3) is 0 Å². The lowest BCUT2D eigenvalue weighted by Crippen LogP contribution is -2.52. The van der Waals surface area contributed by atoms with Gasteiger partial charge in [-0.1, -0.05) is 30.3 Å². The molecule has 0 saturated carbocycles. The standard InChI is InChI=1S/C15H25N3O/c1-11(16)14(19)17-10-15(3,4)18-12(2)13-8-6-5-7-9-13/h5-9,11-12,18H,10,16H2,1-4H3,(H,17,19)/t11-,12?/m1/s1. The number of rotatable bonds is 6. The second-order valence-electron chi connectivity index (χ2n) is 5.67. The molecular weight excluding hydrogens is 238 g/mol. The number of nitrogens with two attached hydrogens (primary N) is 1. The first-order valence-electron chi connectivity index (χ1n) is 6.68. The van der Waals surface area contributed by atoms with Crippen LogP contribution in [0.2, 0.25) is 0 Å². The fourth-order valence-electron chi connectivity index (χ4n) is 1.93. The third kappa shape index (κ3) is 5.41. The van der Waals surface area contributed by atoms with Gasteiger partial charge in [-0.15, -0.1) is 0 Å². The lowest BCUT2D eigenvalue weighted by molar-refractivity contribution is -0.122. The summed E-state index contributed by atoms with van der Waals surface area (Å²) in [6.07, 6.45) is 0. The van der Waals surface area contributed by atoms with Crippen molar-refractivity contribution in [3.8, 4) is 0 Å². The van der Waals surface area contributed by atoms with Crippen LogP contribution in [0.15, 0.2) is 30.3 Å². The van der Waals surface area contributed by atoms with Crippen molar-refractivity contribution in [1.82, 2.24) is 10.6 Å². The molecule has 0 fully saturated rings. The van der Waals surface area contributed by atoms with E-state index in [0.29, 0.717) is 6.54 Å². The Hall–Kier alpha value is -1.39. The minimum Gasteiger partial charge on any atom is -0.353 e. The maximum Gasteiger partial charge on any atom is 0.236 e. The van der Waals surface area contributed by atoms with Gasteiger partial charge in [-0.05, 0) is 33.3 Å². The van der Waals surface area contributed by atoms with E-state index in [2.05, 4.69) is 43.5 Å². The van der Waals surface area contributed by atoms with Crippen molar-refractivity contribution in [2.45, 2.75) is 45.3 Å². The molecule has 4 N–H and O–H groups in total. The lowest BCUT2D eigenvalue weighted by atomic mass is 10.0. The topological polar surface area (TPSA) is 67.1 Å². The molecule has 1 aromatic rings. The average Bonchev–Trinajstić information content (AvgIpc) is 2.36. The molecule has 1 aromatic carbocycles. The molecule has 4 heteroatoms. The van der Waals surface area contributed by atoms with Crippen LogP contribution in [0.5, 0.6) is 0 Å². The second kappa shape index (κ2) is 6.68. The Kier molecular flexibility index (Phi) is 5.51. The van der Waals surface area contributed by atoms with E-state index >= 15 is 0 Å². The maximum atomic E-state index is 11.5. The minimum absolute atomic E-state index is 0.123. The zero-order valence-corrected chi connectivity index (χ0v) is 12.2. The number of carbonyl (C=O) groups is 1. The molecule has 0 aliphatic heterocycles. The highest BCUT2D eigenvalue weighted by atomic mass is 16.2. The first kappa shape index (κ1) is 15.7. The van der Waals surface area contributed by atoms with E-state index in [1.807, 2.05) is 18.2 Å². The molecule has 0 radical (unpaired) electrons. The minimum atomic E-state index is -0.470. The number of amides is 1. The van der Waals surface area contributed by atoms with Crippen molar-refractivity contribution in [2.75, 3.05) is 6.54 Å². The Morgan fingerprint density at radius 2 is 1.84 bits per heavy atom. The lowest BCUT2D eigenvalue weighted by Gasteiger charge is -2.31. The molecule has 0 aliphatic carbocycles. The quantitative estimate of drug-likeness (QED) is 0.730. The Morgan fingerprint density at radius 1 is 1.26 bits per heavy atom. The van der Waals surface area contributed by atoms with Gasteiger partial charge in [-0.3, -0.25) is 4.79 Å². The summed E-state index contributed by atoms with van der Waals surface area (Å²) < 4.78 is 0. The van der Waals surface area contributed by atoms with Crippen LogP contribution in [0.25, 0.3) is 0 Å². The highest BCUT2D eigenvalue weighted by Crippen LogP contribution is 2.15. The summed E-state index contributed by atoms with van der Waals surface area (Å²) in [6.45, 7) is 8.47. The first-order valence-corrected chi connectivity index (χ1v) is 6.68. The van der Waals surface area contributed by atoms with E-state index in [-0.39, 0.29) is 17.5 Å². The van der Waals surface area contributed by atoms with Crippen LogP contribution < -0.4 is 16.4 Å². The van der Waals surface area contributed by atoms with Crippen molar-refractivity contribution >= 4 is 5.91 Å². The van der Waals surface area contributed by atoms with E-state index in [1.165, 1.54) is 5.56 Å². The van der Waals surface area contributed by atoms with Gasteiger partial charge in [0, 0.05) is 18.1 Å². The van der Waals surface area contributed by atoms with Crippen molar-refractivity contribution in [2.24, 2.45) is 5.73 Å². The second-order valence-corrected chi connectivity index (χ2v) is 5.67. The Balaban J connectivity index is 2.52. The zero-order chi connectivity index (χ0) is 14.5. The van der Waals surface area contributed by atoms with E-state index in [4.69, 9.17) is 5.73 Å². The van der Waals surface area contributed by atoms with E-state index in [9.17, 15) is 4.79 Å². The van der Waals surface area contributed by atoms with Crippen LogP contribution in [0.1, 0.15) is 39.3 Å². The number of benzene rings is 1. The number of carbonyl (C=O) groups excluding carboxylic acids is 1. The largest absolute Gasteiger partial charge is 0.353 e. The maximum absolute atomic E-state index is 11.5. The van der Waals surface area contributed by atoms with Crippen LogP contribution in [0.3, 0.4) is 0 Å². The third-order valence-electron chi connectivity index (χ3n) is 3.02. The summed E-state index contributed by atoms with van der Waals surface area (Å²) >= 11 is 0. The molecule has 0 aliphatic rings. The van der Waals surface area contributed by atoms with Crippen LogP contribution in [0, 0.1) is 0 Å². The average molecular weight is 263 g/mol. The van der Waals surface area contributed by atoms with Crippen LogP contribution in [-0.4, -0.2) is 24.0 Å². The number of hydrogen-bond donors (Lipinski definition) is 3. The fraction of sp³-hybridized carbons (Fsp3) is 0.533. The predicted molar refractivity (Wildman–Crippen MR) is 78.7 cm³/mol. The molecule has 1 amide bonds. The SMILES string of the molecule is CC(NC(C)(C)CNC(=O)[C@@H](C)N)c1ccccc1. The number of hydrogen-bond acceptors (Lipinski definition) is 3. The molecule has 0 spiro atoms. The summed E-state index contributed by atoms with van der Waals surface area (Å²) in [4.78, 5) is 11.5. The summed E-state index contributed by atoms with van der Waals surface area (Å²) in [5, 5.41) is 6.36. The van der Waals surface area contributed by atoms with Gasteiger partial charge in [0.1, 0.15) is 0 Å². The summed E-state index contributed by atoms with van der Waals surface area (Å²) in [6, 6.07) is 9.99. The van der Waals surface area contributed by atoms with Crippen molar-refractivity contribution < 1.29 is 4.79 Å². The summed E-state index contributed by atoms with van der Waals surface area (Å²) in [7, 11) is 0. The van der Waals surface area contributed by atoms with E-state index in [1.54, 1.807) is 6.92 Å². The number of nitrogens with one attached hydrogen (secondary N) is 2. The van der Waals surface area contributed by atoms with E-state index in [0.717, 1.165) is 0 Å². The van der Waals surface area contributed by atoms with Crippen molar-refractivity contribution in [3.63, 3.8) is 0 Å². The predicted octanol–water partition coefficient (Wildman–Crippen LogP) is 1.58. The fourth-order valence-corrected chi connectivity index (χ4v) is 1.93. The smallest absolute Gasteiger partial charge is 0.236 e. The Bertz CT molecular complexity index is 401. The molecule has 1 unspecified atom stereocenters. The molecule has 0 heterocycles. The van der Waals surface area contributed by atoms with Crippen molar-refractivity contribution in [3.05, 3.63) is 35.9 Å². The monoisotopic (exact) mass is 263 g/mol. The van der Waals surface area contributed by atoms with Gasteiger partial charge in [0.15, 0.2) is 0 Å². The Labute approximate surface area is 115 Å². The molecule has 19 heavy (non-hydrogen) atoms. The van der Waals surface area contributed by atoms with Gasteiger partial charge >= 0.3 is 0 Å². The van der Waals surface area contributed by atoms with Gasteiger partial charge in [-0.25, -0.2) is 0 Å².